The Morgan fingerprint density at radius 2 is 1.68 bits per heavy atom. The number of carbonyl (C=O) groups excluding carboxylic acids is 1. The second-order valence-electron chi connectivity index (χ2n) is 4.95. The standard InChI is InChI=1S/C17H19FN4O3/c1-24-14-8-7-13(9-15(14)25-2)22-17(19)20-10-16(23)21-12-5-3-11(18)4-6-12/h3-9H,10H2,1-2H3,(H,21,23)(H3,19,20,22). The SMILES string of the molecule is COc1ccc(NC(N)=NCC(=O)Nc2ccc(F)cc2)cc1OC. The molecular weight excluding hydrogens is 327 g/mol. The van der Waals surface area contributed by atoms with Crippen molar-refractivity contribution in [1.82, 2.24) is 0 Å². The lowest BCUT2D eigenvalue weighted by atomic mass is 10.3. The van der Waals surface area contributed by atoms with Crippen LogP contribution in [0.4, 0.5) is 15.8 Å². The second-order valence-corrected chi connectivity index (χ2v) is 4.95. The van der Waals surface area contributed by atoms with Gasteiger partial charge in [0.05, 0.1) is 14.2 Å². The Bertz CT molecular complexity index is 763. The molecule has 0 radical (unpaired) electrons. The number of nitrogens with two attached hydrogens (primary N) is 1. The van der Waals surface area contributed by atoms with Gasteiger partial charge in [-0.15, -0.1) is 0 Å². The Hall–Kier alpha value is -3.29. The van der Waals surface area contributed by atoms with Gasteiger partial charge in [-0.05, 0) is 36.4 Å². The highest BCUT2D eigenvalue weighted by atomic mass is 19.1. The third kappa shape index (κ3) is 5.38. The predicted octanol–water partition coefficient (Wildman–Crippen LogP) is 2.21. The molecule has 25 heavy (non-hydrogen) atoms. The molecule has 2 rings (SSSR count). The quantitative estimate of drug-likeness (QED) is 0.550. The molecule has 0 aliphatic heterocycles. The number of nitrogens with one attached hydrogen (secondary N) is 2. The van der Waals surface area contributed by atoms with Gasteiger partial charge >= 0.3 is 0 Å². The summed E-state index contributed by atoms with van der Waals surface area (Å²) < 4.78 is 23.2. The van der Waals surface area contributed by atoms with Gasteiger partial charge in [0.15, 0.2) is 17.5 Å². The molecule has 0 aromatic heterocycles. The fourth-order valence-electron chi connectivity index (χ4n) is 1.99. The van der Waals surface area contributed by atoms with Crippen LogP contribution in [-0.2, 0) is 4.79 Å². The maximum Gasteiger partial charge on any atom is 0.246 e. The predicted molar refractivity (Wildman–Crippen MR) is 94.7 cm³/mol. The summed E-state index contributed by atoms with van der Waals surface area (Å²) in [5, 5.41) is 5.45. The lowest BCUT2D eigenvalue weighted by molar-refractivity contribution is -0.114. The second kappa shape index (κ2) is 8.53. The molecular formula is C17H19FN4O3. The number of hydrogen-bond donors (Lipinski definition) is 3. The highest BCUT2D eigenvalue weighted by Crippen LogP contribution is 2.29. The zero-order valence-electron chi connectivity index (χ0n) is 13.9. The van der Waals surface area contributed by atoms with Crippen molar-refractivity contribution in [3.8, 4) is 11.5 Å². The average molecular weight is 346 g/mol. The number of hydrogen-bond acceptors (Lipinski definition) is 4. The van der Waals surface area contributed by atoms with E-state index >= 15 is 0 Å². The number of halogens is 1. The molecule has 0 unspecified atom stereocenters. The summed E-state index contributed by atoms with van der Waals surface area (Å²) >= 11 is 0. The van der Waals surface area contributed by atoms with E-state index in [1.54, 1.807) is 25.3 Å². The first kappa shape index (κ1) is 18.1. The van der Waals surface area contributed by atoms with Gasteiger partial charge in [-0.3, -0.25) is 4.79 Å². The number of guanidine groups is 1. The molecule has 132 valence electrons. The summed E-state index contributed by atoms with van der Waals surface area (Å²) in [4.78, 5) is 15.8. The van der Waals surface area contributed by atoms with Gasteiger partial charge in [0, 0.05) is 17.4 Å². The number of anilines is 2. The molecule has 0 bridgehead atoms. The van der Waals surface area contributed by atoms with Crippen LogP contribution in [0.15, 0.2) is 47.5 Å². The number of methoxy groups -OCH3 is 2. The largest absolute Gasteiger partial charge is 0.493 e. The van der Waals surface area contributed by atoms with E-state index in [4.69, 9.17) is 15.2 Å². The smallest absolute Gasteiger partial charge is 0.246 e. The highest BCUT2D eigenvalue weighted by molar-refractivity contribution is 5.97. The average Bonchev–Trinajstić information content (AvgIpc) is 2.62. The Labute approximate surface area is 144 Å². The normalized spacial score (nSPS) is 10.9. The molecule has 8 heteroatoms. The van der Waals surface area contributed by atoms with Crippen molar-refractivity contribution in [2.75, 3.05) is 31.4 Å². The van der Waals surface area contributed by atoms with Crippen LogP contribution in [0.25, 0.3) is 0 Å². The van der Waals surface area contributed by atoms with Crippen molar-refractivity contribution < 1.29 is 18.7 Å². The zero-order valence-corrected chi connectivity index (χ0v) is 13.9. The number of nitrogens with zero attached hydrogens (tertiary/aromatic N) is 1. The Morgan fingerprint density at radius 1 is 1.04 bits per heavy atom. The Morgan fingerprint density at radius 3 is 2.32 bits per heavy atom. The van der Waals surface area contributed by atoms with Gasteiger partial charge in [0.25, 0.3) is 0 Å². The summed E-state index contributed by atoms with van der Waals surface area (Å²) in [7, 11) is 3.07. The summed E-state index contributed by atoms with van der Waals surface area (Å²) in [5.74, 6) is 0.445. The molecule has 0 saturated carbocycles. The molecule has 0 aliphatic rings. The van der Waals surface area contributed by atoms with Crippen LogP contribution in [0.5, 0.6) is 11.5 Å². The van der Waals surface area contributed by atoms with Crippen LogP contribution in [0, 0.1) is 5.82 Å². The molecule has 4 N–H and O–H groups in total. The maximum atomic E-state index is 12.8. The third-order valence-corrected chi connectivity index (χ3v) is 3.18. The van der Waals surface area contributed by atoms with Crippen LogP contribution >= 0.6 is 0 Å². The topological polar surface area (TPSA) is 98.0 Å². The van der Waals surface area contributed by atoms with Crippen molar-refractivity contribution in [3.63, 3.8) is 0 Å². The molecule has 1 amide bonds. The van der Waals surface area contributed by atoms with E-state index in [2.05, 4.69) is 15.6 Å². The molecule has 0 aliphatic carbocycles. The van der Waals surface area contributed by atoms with Crippen LogP contribution in [0.1, 0.15) is 0 Å². The van der Waals surface area contributed by atoms with E-state index in [0.29, 0.717) is 22.9 Å². The number of carbonyl (C=O) groups is 1. The molecule has 0 atom stereocenters. The molecule has 2 aromatic rings. The lowest BCUT2D eigenvalue weighted by Gasteiger charge is -2.11. The van der Waals surface area contributed by atoms with Gasteiger partial charge in [-0.2, -0.15) is 0 Å². The van der Waals surface area contributed by atoms with Crippen molar-refractivity contribution >= 4 is 23.2 Å². The van der Waals surface area contributed by atoms with Crippen LogP contribution in [0.2, 0.25) is 0 Å². The van der Waals surface area contributed by atoms with Crippen LogP contribution in [-0.4, -0.2) is 32.6 Å². The minimum atomic E-state index is -0.376. The van der Waals surface area contributed by atoms with Gasteiger partial charge in [0.1, 0.15) is 12.4 Å². The van der Waals surface area contributed by atoms with Crippen molar-refractivity contribution in [2.45, 2.75) is 0 Å². The number of benzene rings is 2. The van der Waals surface area contributed by atoms with Gasteiger partial charge < -0.3 is 25.8 Å². The van der Waals surface area contributed by atoms with Crippen molar-refractivity contribution in [2.24, 2.45) is 10.7 Å². The first-order chi connectivity index (χ1) is 12.0. The summed E-state index contributed by atoms with van der Waals surface area (Å²) in [5.41, 5.74) is 6.88. The van der Waals surface area contributed by atoms with Crippen molar-refractivity contribution in [3.05, 3.63) is 48.3 Å². The van der Waals surface area contributed by atoms with E-state index in [1.807, 2.05) is 0 Å². The molecule has 0 heterocycles. The summed E-state index contributed by atoms with van der Waals surface area (Å²) in [6.07, 6.45) is 0. The van der Waals surface area contributed by atoms with E-state index in [0.717, 1.165) is 0 Å². The molecule has 0 spiro atoms. The van der Waals surface area contributed by atoms with E-state index in [9.17, 15) is 9.18 Å². The fraction of sp³-hybridized carbons (Fsp3) is 0.176. The summed E-state index contributed by atoms with van der Waals surface area (Å²) in [6, 6.07) is 10.6. The minimum absolute atomic E-state index is 0.0708. The third-order valence-electron chi connectivity index (χ3n) is 3.18. The summed E-state index contributed by atoms with van der Waals surface area (Å²) in [6.45, 7) is -0.177. The minimum Gasteiger partial charge on any atom is -0.493 e. The molecule has 0 saturated heterocycles. The number of rotatable bonds is 6. The van der Waals surface area contributed by atoms with Gasteiger partial charge in [0.2, 0.25) is 5.91 Å². The maximum absolute atomic E-state index is 12.8. The molecule has 2 aromatic carbocycles. The number of amides is 1. The number of aliphatic imine (C=N–C) groups is 1. The van der Waals surface area contributed by atoms with Crippen molar-refractivity contribution in [1.29, 1.82) is 0 Å². The van der Waals surface area contributed by atoms with E-state index in [-0.39, 0.29) is 24.2 Å². The highest BCUT2D eigenvalue weighted by Gasteiger charge is 2.06. The van der Waals surface area contributed by atoms with E-state index < -0.39 is 0 Å². The lowest BCUT2D eigenvalue weighted by Crippen LogP contribution is -2.25. The first-order valence-electron chi connectivity index (χ1n) is 7.36. The molecule has 0 fully saturated rings. The molecule has 7 nitrogen and oxygen atoms in total. The monoisotopic (exact) mass is 346 g/mol. The van der Waals surface area contributed by atoms with Gasteiger partial charge in [-0.25, -0.2) is 9.38 Å². The zero-order chi connectivity index (χ0) is 18.2. The Kier molecular flexibility index (Phi) is 6.16. The first-order valence-corrected chi connectivity index (χ1v) is 7.36. The van der Waals surface area contributed by atoms with Gasteiger partial charge in [-0.1, -0.05) is 0 Å². The van der Waals surface area contributed by atoms with E-state index in [1.165, 1.54) is 31.4 Å². The fourth-order valence-corrected chi connectivity index (χ4v) is 1.99. The van der Waals surface area contributed by atoms with Crippen LogP contribution in [0.3, 0.4) is 0 Å². The number of ether oxygens (including phenoxy) is 2. The van der Waals surface area contributed by atoms with Crippen LogP contribution < -0.4 is 25.8 Å². The Balaban J connectivity index is 1.92.